The average Bonchev–Trinajstić information content (AvgIpc) is 3.15. The fourth-order valence-corrected chi connectivity index (χ4v) is 1.86. The number of carbonyl (C=O) groups is 2. The Balaban J connectivity index is 1.60. The van der Waals surface area contributed by atoms with Gasteiger partial charge in [0.05, 0.1) is 30.2 Å². The smallest absolute Gasteiger partial charge is 0.313 e. The zero-order valence-electron chi connectivity index (χ0n) is 10.9. The molecule has 0 saturated heterocycles. The number of aromatic nitrogens is 2. The first-order valence-corrected chi connectivity index (χ1v) is 6.27. The molecule has 0 saturated carbocycles. The topological polar surface area (TPSA) is 100 Å². The Morgan fingerprint density at radius 1 is 1.24 bits per heavy atom. The first kappa shape index (κ1) is 12.9. The van der Waals surface area contributed by atoms with Gasteiger partial charge in [-0.1, -0.05) is 0 Å². The predicted molar refractivity (Wildman–Crippen MR) is 75.3 cm³/mol. The minimum atomic E-state index is -0.736. The van der Waals surface area contributed by atoms with Crippen LogP contribution in [-0.2, 0) is 16.1 Å². The SMILES string of the molecule is O=C(NCc1ccco1)C(=O)Nc1ccc2nc[nH]c2c1. The lowest BCUT2D eigenvalue weighted by Crippen LogP contribution is -2.34. The number of anilines is 1. The van der Waals surface area contributed by atoms with Crippen molar-refractivity contribution in [3.05, 3.63) is 48.7 Å². The van der Waals surface area contributed by atoms with E-state index in [0.29, 0.717) is 11.4 Å². The highest BCUT2D eigenvalue weighted by Crippen LogP contribution is 2.15. The fourth-order valence-electron chi connectivity index (χ4n) is 1.86. The maximum absolute atomic E-state index is 11.8. The summed E-state index contributed by atoms with van der Waals surface area (Å²) >= 11 is 0. The Labute approximate surface area is 119 Å². The molecule has 0 bridgehead atoms. The van der Waals surface area contributed by atoms with Crippen LogP contribution in [0, 0.1) is 0 Å². The number of nitrogens with one attached hydrogen (secondary N) is 3. The van der Waals surface area contributed by atoms with Crippen LogP contribution < -0.4 is 10.6 Å². The summed E-state index contributed by atoms with van der Waals surface area (Å²) in [7, 11) is 0. The molecule has 0 atom stereocenters. The van der Waals surface area contributed by atoms with Crippen LogP contribution in [0.25, 0.3) is 11.0 Å². The van der Waals surface area contributed by atoms with Gasteiger partial charge in [-0.15, -0.1) is 0 Å². The lowest BCUT2D eigenvalue weighted by Gasteiger charge is -2.05. The minimum absolute atomic E-state index is 0.166. The molecule has 0 aliphatic heterocycles. The number of H-pyrrole nitrogens is 1. The van der Waals surface area contributed by atoms with Crippen molar-refractivity contribution in [2.45, 2.75) is 6.54 Å². The Hall–Kier alpha value is -3.09. The molecule has 2 heterocycles. The van der Waals surface area contributed by atoms with Gasteiger partial charge in [0.15, 0.2) is 0 Å². The van der Waals surface area contributed by atoms with Crippen molar-refractivity contribution in [1.29, 1.82) is 0 Å². The summed E-state index contributed by atoms with van der Waals surface area (Å²) in [5.41, 5.74) is 2.09. The van der Waals surface area contributed by atoms with Gasteiger partial charge in [-0.05, 0) is 30.3 Å². The summed E-state index contributed by atoms with van der Waals surface area (Å²) in [4.78, 5) is 30.4. The fraction of sp³-hybridized carbons (Fsp3) is 0.0714. The van der Waals surface area contributed by atoms with E-state index in [1.54, 1.807) is 36.7 Å². The number of imidazole rings is 1. The van der Waals surface area contributed by atoms with Crippen LogP contribution in [-0.4, -0.2) is 21.8 Å². The molecule has 1 aromatic carbocycles. The summed E-state index contributed by atoms with van der Waals surface area (Å²) in [6.07, 6.45) is 3.06. The van der Waals surface area contributed by atoms with E-state index < -0.39 is 11.8 Å². The van der Waals surface area contributed by atoms with E-state index in [2.05, 4.69) is 20.6 Å². The largest absolute Gasteiger partial charge is 0.467 e. The number of rotatable bonds is 3. The molecule has 21 heavy (non-hydrogen) atoms. The van der Waals surface area contributed by atoms with Crippen molar-refractivity contribution < 1.29 is 14.0 Å². The molecule has 0 aliphatic rings. The van der Waals surface area contributed by atoms with Crippen LogP contribution in [0.4, 0.5) is 5.69 Å². The van der Waals surface area contributed by atoms with Crippen molar-refractivity contribution in [1.82, 2.24) is 15.3 Å². The Kier molecular flexibility index (Phi) is 3.38. The molecule has 3 rings (SSSR count). The van der Waals surface area contributed by atoms with Gasteiger partial charge in [0.25, 0.3) is 0 Å². The predicted octanol–water partition coefficient (Wildman–Crippen LogP) is 1.41. The number of nitrogens with zero attached hydrogens (tertiary/aromatic N) is 1. The van der Waals surface area contributed by atoms with Crippen LogP contribution in [0.1, 0.15) is 5.76 Å². The molecular formula is C14H12N4O3. The van der Waals surface area contributed by atoms with E-state index in [1.807, 2.05) is 0 Å². The highest BCUT2D eigenvalue weighted by Gasteiger charge is 2.14. The van der Waals surface area contributed by atoms with Crippen LogP contribution in [0.3, 0.4) is 0 Å². The first-order valence-electron chi connectivity index (χ1n) is 6.27. The zero-order chi connectivity index (χ0) is 14.7. The van der Waals surface area contributed by atoms with Crippen molar-refractivity contribution in [2.75, 3.05) is 5.32 Å². The second-order valence-electron chi connectivity index (χ2n) is 4.35. The van der Waals surface area contributed by atoms with Crippen molar-refractivity contribution >= 4 is 28.5 Å². The molecule has 0 fully saturated rings. The summed E-state index contributed by atoms with van der Waals surface area (Å²) in [6, 6.07) is 8.56. The lowest BCUT2D eigenvalue weighted by atomic mass is 10.2. The number of aromatic amines is 1. The summed E-state index contributed by atoms with van der Waals surface area (Å²) in [6.45, 7) is 0.166. The molecule has 0 unspecified atom stereocenters. The first-order chi connectivity index (χ1) is 10.2. The van der Waals surface area contributed by atoms with Gasteiger partial charge in [0, 0.05) is 5.69 Å². The van der Waals surface area contributed by atoms with E-state index in [9.17, 15) is 9.59 Å². The number of amides is 2. The monoisotopic (exact) mass is 284 g/mol. The number of furan rings is 1. The average molecular weight is 284 g/mol. The van der Waals surface area contributed by atoms with Gasteiger partial charge >= 0.3 is 11.8 Å². The summed E-state index contributed by atoms with van der Waals surface area (Å²) < 4.78 is 5.06. The number of benzene rings is 1. The van der Waals surface area contributed by atoms with E-state index in [0.717, 1.165) is 11.0 Å². The number of carbonyl (C=O) groups excluding carboxylic acids is 2. The molecule has 7 nitrogen and oxygen atoms in total. The van der Waals surface area contributed by atoms with Crippen molar-refractivity contribution in [3.63, 3.8) is 0 Å². The van der Waals surface area contributed by atoms with E-state index >= 15 is 0 Å². The summed E-state index contributed by atoms with van der Waals surface area (Å²) in [5.74, 6) is -0.883. The Morgan fingerprint density at radius 3 is 2.95 bits per heavy atom. The number of hydrogen-bond acceptors (Lipinski definition) is 4. The zero-order valence-corrected chi connectivity index (χ0v) is 10.9. The second kappa shape index (κ2) is 5.49. The standard InChI is InChI=1S/C14H12N4O3/c19-13(15-7-10-2-1-5-21-10)14(20)18-9-3-4-11-12(6-9)17-8-16-11/h1-6,8H,7H2,(H,15,19)(H,16,17)(H,18,20). The number of hydrogen-bond donors (Lipinski definition) is 3. The van der Waals surface area contributed by atoms with Gasteiger partial charge in [-0.3, -0.25) is 9.59 Å². The van der Waals surface area contributed by atoms with Crippen LogP contribution >= 0.6 is 0 Å². The molecule has 3 aromatic rings. The number of fused-ring (bicyclic) bond motifs is 1. The van der Waals surface area contributed by atoms with Gasteiger partial charge < -0.3 is 20.0 Å². The maximum atomic E-state index is 11.8. The maximum Gasteiger partial charge on any atom is 0.313 e. The molecule has 106 valence electrons. The molecule has 2 amide bonds. The normalized spacial score (nSPS) is 10.5. The molecule has 2 aromatic heterocycles. The van der Waals surface area contributed by atoms with Crippen LogP contribution in [0.5, 0.6) is 0 Å². The van der Waals surface area contributed by atoms with E-state index in [4.69, 9.17) is 4.42 Å². The molecular weight excluding hydrogens is 272 g/mol. The molecule has 0 aliphatic carbocycles. The minimum Gasteiger partial charge on any atom is -0.467 e. The highest BCUT2D eigenvalue weighted by molar-refractivity contribution is 6.39. The third kappa shape index (κ3) is 2.92. The van der Waals surface area contributed by atoms with Crippen molar-refractivity contribution in [2.24, 2.45) is 0 Å². The third-order valence-corrected chi connectivity index (χ3v) is 2.89. The molecule has 0 spiro atoms. The van der Waals surface area contributed by atoms with E-state index in [-0.39, 0.29) is 6.54 Å². The third-order valence-electron chi connectivity index (χ3n) is 2.89. The van der Waals surface area contributed by atoms with Gasteiger partial charge in [-0.2, -0.15) is 0 Å². The van der Waals surface area contributed by atoms with Crippen LogP contribution in [0.15, 0.2) is 47.3 Å². The van der Waals surface area contributed by atoms with Crippen molar-refractivity contribution in [3.8, 4) is 0 Å². The lowest BCUT2D eigenvalue weighted by molar-refractivity contribution is -0.136. The quantitative estimate of drug-likeness (QED) is 0.633. The van der Waals surface area contributed by atoms with Crippen LogP contribution in [0.2, 0.25) is 0 Å². The second-order valence-corrected chi connectivity index (χ2v) is 4.35. The van der Waals surface area contributed by atoms with Gasteiger partial charge in [0.1, 0.15) is 5.76 Å². The highest BCUT2D eigenvalue weighted by atomic mass is 16.3. The van der Waals surface area contributed by atoms with E-state index in [1.165, 1.54) is 6.26 Å². The Bertz CT molecular complexity index is 776. The Morgan fingerprint density at radius 2 is 2.14 bits per heavy atom. The molecule has 7 heteroatoms. The molecule has 0 radical (unpaired) electrons. The summed E-state index contributed by atoms with van der Waals surface area (Å²) in [5, 5.41) is 5.00. The van der Waals surface area contributed by atoms with Gasteiger partial charge in [0.2, 0.25) is 0 Å². The molecule has 3 N–H and O–H groups in total. The van der Waals surface area contributed by atoms with Gasteiger partial charge in [-0.25, -0.2) is 4.98 Å².